The van der Waals surface area contributed by atoms with Gasteiger partial charge in [-0.05, 0) is 73.2 Å². The normalized spacial score (nSPS) is 17.5. The summed E-state index contributed by atoms with van der Waals surface area (Å²) in [6, 6.07) is 19.0. The molecule has 0 unspecified atom stereocenters. The second-order valence-corrected chi connectivity index (χ2v) is 10.8. The van der Waals surface area contributed by atoms with Crippen LogP contribution in [0.15, 0.2) is 71.6 Å². The number of anilines is 3. The standard InChI is InChI=1S/C27H29N3O6S/c1-19-3-12-25-24(17-19)30(37(32,33)23-10-8-22(34-2)9-11-23)18-26(36-25)27(31)28-20-4-6-21(7-5-20)29-13-15-35-16-14-29/h3-12,17,26H,13-16,18H2,1-2H3,(H,28,31)/t26-/m1/s1. The number of rotatable bonds is 6. The topological polar surface area (TPSA) is 97.4 Å². The first kappa shape index (κ1) is 24.9. The number of hydrogen-bond acceptors (Lipinski definition) is 7. The molecule has 0 aliphatic carbocycles. The van der Waals surface area contributed by atoms with Crippen LogP contribution in [0.4, 0.5) is 17.1 Å². The van der Waals surface area contributed by atoms with Gasteiger partial charge in [0, 0.05) is 24.5 Å². The smallest absolute Gasteiger partial charge is 0.267 e. The summed E-state index contributed by atoms with van der Waals surface area (Å²) in [5, 5.41) is 2.87. The van der Waals surface area contributed by atoms with Gasteiger partial charge < -0.3 is 24.4 Å². The number of amides is 1. The maximum absolute atomic E-state index is 13.7. The number of sulfonamides is 1. The van der Waals surface area contributed by atoms with Crippen molar-refractivity contribution in [2.45, 2.75) is 17.9 Å². The molecule has 194 valence electrons. The summed E-state index contributed by atoms with van der Waals surface area (Å²) in [5.41, 5.74) is 2.93. The van der Waals surface area contributed by atoms with Crippen LogP contribution in [-0.4, -0.2) is 60.4 Å². The van der Waals surface area contributed by atoms with Crippen LogP contribution in [-0.2, 0) is 19.6 Å². The lowest BCUT2D eigenvalue weighted by Crippen LogP contribution is -2.48. The van der Waals surface area contributed by atoms with Gasteiger partial charge in [0.15, 0.2) is 6.10 Å². The summed E-state index contributed by atoms with van der Waals surface area (Å²) in [6.45, 7) is 4.72. The molecule has 0 radical (unpaired) electrons. The molecule has 0 saturated carbocycles. The van der Waals surface area contributed by atoms with Gasteiger partial charge in [0.1, 0.15) is 11.5 Å². The van der Waals surface area contributed by atoms with Gasteiger partial charge in [0.2, 0.25) is 0 Å². The van der Waals surface area contributed by atoms with Crippen molar-refractivity contribution in [1.82, 2.24) is 0 Å². The van der Waals surface area contributed by atoms with Crippen molar-refractivity contribution < 1.29 is 27.4 Å². The fourth-order valence-corrected chi connectivity index (χ4v) is 5.87. The summed E-state index contributed by atoms with van der Waals surface area (Å²) in [4.78, 5) is 15.5. The Kier molecular flexibility index (Phi) is 6.94. The van der Waals surface area contributed by atoms with Crippen LogP contribution in [0.1, 0.15) is 5.56 Å². The number of nitrogens with zero attached hydrogens (tertiary/aromatic N) is 2. The Morgan fingerprint density at radius 1 is 1.00 bits per heavy atom. The van der Waals surface area contributed by atoms with E-state index in [1.165, 1.54) is 23.5 Å². The Balaban J connectivity index is 1.38. The molecule has 1 saturated heterocycles. The number of carbonyl (C=O) groups excluding carboxylic acids is 1. The van der Waals surface area contributed by atoms with Gasteiger partial charge in [0.25, 0.3) is 15.9 Å². The monoisotopic (exact) mass is 523 g/mol. The minimum atomic E-state index is -3.97. The first-order valence-corrected chi connectivity index (χ1v) is 13.5. The molecule has 0 spiro atoms. The van der Waals surface area contributed by atoms with E-state index in [-0.39, 0.29) is 11.4 Å². The highest BCUT2D eigenvalue weighted by Gasteiger charge is 2.37. The highest BCUT2D eigenvalue weighted by Crippen LogP contribution is 2.38. The van der Waals surface area contributed by atoms with E-state index >= 15 is 0 Å². The lowest BCUT2D eigenvalue weighted by Gasteiger charge is -2.35. The van der Waals surface area contributed by atoms with Crippen molar-refractivity contribution in [3.8, 4) is 11.5 Å². The highest BCUT2D eigenvalue weighted by molar-refractivity contribution is 7.92. The van der Waals surface area contributed by atoms with E-state index in [1.54, 1.807) is 24.3 Å². The Labute approximate surface area is 216 Å². The number of morpholine rings is 1. The van der Waals surface area contributed by atoms with Crippen molar-refractivity contribution >= 4 is 33.0 Å². The minimum absolute atomic E-state index is 0.0977. The molecule has 2 heterocycles. The van der Waals surface area contributed by atoms with Gasteiger partial charge in [-0.2, -0.15) is 0 Å². The van der Waals surface area contributed by atoms with Crippen LogP contribution < -0.4 is 24.0 Å². The second kappa shape index (κ2) is 10.3. The Hall–Kier alpha value is -3.76. The molecule has 1 N–H and O–H groups in total. The minimum Gasteiger partial charge on any atom is -0.497 e. The average molecular weight is 524 g/mol. The van der Waals surface area contributed by atoms with Gasteiger partial charge >= 0.3 is 0 Å². The molecule has 0 aromatic heterocycles. The zero-order chi connectivity index (χ0) is 26.0. The number of fused-ring (bicyclic) bond motifs is 1. The van der Waals surface area contributed by atoms with Crippen molar-refractivity contribution in [2.75, 3.05) is 54.5 Å². The van der Waals surface area contributed by atoms with Crippen LogP contribution in [0, 0.1) is 6.92 Å². The third kappa shape index (κ3) is 5.21. The van der Waals surface area contributed by atoms with Crippen molar-refractivity contribution in [1.29, 1.82) is 0 Å². The molecule has 2 aliphatic rings. The predicted molar refractivity (Wildman–Crippen MR) is 141 cm³/mol. The summed E-state index contributed by atoms with van der Waals surface area (Å²) in [5.74, 6) is 0.450. The third-order valence-corrected chi connectivity index (χ3v) is 8.23. The molecular weight excluding hydrogens is 494 g/mol. The zero-order valence-electron chi connectivity index (χ0n) is 20.7. The third-order valence-electron chi connectivity index (χ3n) is 6.43. The van der Waals surface area contributed by atoms with E-state index in [2.05, 4.69) is 10.2 Å². The summed E-state index contributed by atoms with van der Waals surface area (Å²) < 4.78 is 45.1. The molecule has 5 rings (SSSR count). The fourth-order valence-electron chi connectivity index (χ4n) is 4.40. The number of carbonyl (C=O) groups is 1. The van der Waals surface area contributed by atoms with Crippen molar-refractivity contribution in [3.05, 3.63) is 72.3 Å². The molecule has 37 heavy (non-hydrogen) atoms. The van der Waals surface area contributed by atoms with Crippen LogP contribution in [0.3, 0.4) is 0 Å². The number of hydrogen-bond donors (Lipinski definition) is 1. The maximum atomic E-state index is 13.7. The van der Waals surface area contributed by atoms with Crippen LogP contribution in [0.2, 0.25) is 0 Å². The van der Waals surface area contributed by atoms with Crippen LogP contribution in [0.25, 0.3) is 0 Å². The quantitative estimate of drug-likeness (QED) is 0.529. The summed E-state index contributed by atoms with van der Waals surface area (Å²) in [6.07, 6.45) is -1.04. The predicted octanol–water partition coefficient (Wildman–Crippen LogP) is 3.44. The van der Waals surface area contributed by atoms with Crippen LogP contribution in [0.5, 0.6) is 11.5 Å². The highest BCUT2D eigenvalue weighted by atomic mass is 32.2. The Morgan fingerprint density at radius 3 is 2.38 bits per heavy atom. The number of nitrogens with one attached hydrogen (secondary N) is 1. The molecule has 3 aromatic carbocycles. The Morgan fingerprint density at radius 2 is 1.70 bits per heavy atom. The van der Waals surface area contributed by atoms with E-state index in [0.717, 1.165) is 24.3 Å². The zero-order valence-corrected chi connectivity index (χ0v) is 21.5. The molecular formula is C27H29N3O6S. The molecule has 1 atom stereocenters. The number of benzene rings is 3. The molecule has 9 nitrogen and oxygen atoms in total. The lowest BCUT2D eigenvalue weighted by atomic mass is 10.1. The van der Waals surface area contributed by atoms with E-state index in [1.807, 2.05) is 37.3 Å². The molecule has 10 heteroatoms. The Bertz CT molecular complexity index is 1370. The fraction of sp³-hybridized carbons (Fsp3) is 0.296. The van der Waals surface area contributed by atoms with E-state index in [9.17, 15) is 13.2 Å². The molecule has 2 aliphatic heterocycles. The SMILES string of the molecule is COc1ccc(S(=O)(=O)N2C[C@H](C(=O)Nc3ccc(N4CCOCC4)cc3)Oc3ccc(C)cc32)cc1. The van der Waals surface area contributed by atoms with Gasteiger partial charge in [-0.25, -0.2) is 8.42 Å². The van der Waals surface area contributed by atoms with Gasteiger partial charge in [0.05, 0.1) is 37.5 Å². The van der Waals surface area contributed by atoms with E-state index in [4.69, 9.17) is 14.2 Å². The number of methoxy groups -OCH3 is 1. The van der Waals surface area contributed by atoms with Crippen LogP contribution >= 0.6 is 0 Å². The van der Waals surface area contributed by atoms with Crippen molar-refractivity contribution in [3.63, 3.8) is 0 Å². The van der Waals surface area contributed by atoms with E-state index in [0.29, 0.717) is 36.1 Å². The first-order valence-electron chi connectivity index (χ1n) is 12.0. The largest absolute Gasteiger partial charge is 0.497 e. The van der Waals surface area contributed by atoms with Gasteiger partial charge in [-0.15, -0.1) is 0 Å². The molecule has 0 bridgehead atoms. The maximum Gasteiger partial charge on any atom is 0.267 e. The number of aryl methyl sites for hydroxylation is 1. The van der Waals surface area contributed by atoms with Gasteiger partial charge in [-0.3, -0.25) is 9.10 Å². The summed E-state index contributed by atoms with van der Waals surface area (Å²) >= 11 is 0. The molecule has 3 aromatic rings. The average Bonchev–Trinajstić information content (AvgIpc) is 2.93. The van der Waals surface area contributed by atoms with E-state index < -0.39 is 22.0 Å². The molecule has 1 fully saturated rings. The molecule has 1 amide bonds. The number of ether oxygens (including phenoxy) is 3. The lowest BCUT2D eigenvalue weighted by molar-refractivity contribution is -0.122. The summed E-state index contributed by atoms with van der Waals surface area (Å²) in [7, 11) is -2.45. The van der Waals surface area contributed by atoms with Crippen molar-refractivity contribution in [2.24, 2.45) is 0 Å². The van der Waals surface area contributed by atoms with Gasteiger partial charge in [-0.1, -0.05) is 6.07 Å². The first-order chi connectivity index (χ1) is 17.8. The second-order valence-electron chi connectivity index (χ2n) is 8.92.